The van der Waals surface area contributed by atoms with Crippen molar-refractivity contribution in [2.75, 3.05) is 31.7 Å². The number of aryl methyl sites for hydroxylation is 1. The molecule has 20 heavy (non-hydrogen) atoms. The van der Waals surface area contributed by atoms with Gasteiger partial charge in [0.2, 0.25) is 0 Å². The molecular weight excluding hydrogens is 276 g/mol. The molecule has 6 heteroatoms. The quantitative estimate of drug-likeness (QED) is 0.875. The van der Waals surface area contributed by atoms with Crippen LogP contribution in [-0.2, 0) is 11.2 Å². The number of aromatic nitrogens is 1. The van der Waals surface area contributed by atoms with Gasteiger partial charge in [0.1, 0.15) is 4.88 Å². The van der Waals surface area contributed by atoms with E-state index in [1.54, 1.807) is 7.11 Å². The average molecular weight is 298 g/mol. The van der Waals surface area contributed by atoms with Gasteiger partial charge in [-0.3, -0.25) is 0 Å². The highest BCUT2D eigenvalue weighted by molar-refractivity contribution is 7.17. The number of nitrogens with zero attached hydrogens (tertiary/aromatic N) is 2. The number of carbonyl (C=O) groups is 1. The lowest BCUT2D eigenvalue weighted by Crippen LogP contribution is -2.37. The molecule has 1 aromatic rings. The number of methoxy groups -OCH3 is 1. The van der Waals surface area contributed by atoms with Gasteiger partial charge >= 0.3 is 5.97 Å². The van der Waals surface area contributed by atoms with E-state index in [-0.39, 0.29) is 0 Å². The summed E-state index contributed by atoms with van der Waals surface area (Å²) < 4.78 is 5.23. The number of rotatable bonds is 6. The van der Waals surface area contributed by atoms with Crippen molar-refractivity contribution in [2.45, 2.75) is 32.6 Å². The van der Waals surface area contributed by atoms with E-state index < -0.39 is 5.97 Å². The molecule has 0 radical (unpaired) electrons. The molecule has 2 heterocycles. The van der Waals surface area contributed by atoms with Crippen LogP contribution < -0.4 is 4.90 Å². The van der Waals surface area contributed by atoms with Gasteiger partial charge in [-0.25, -0.2) is 9.78 Å². The fourth-order valence-electron chi connectivity index (χ4n) is 2.66. The largest absolute Gasteiger partial charge is 0.477 e. The van der Waals surface area contributed by atoms with Crippen LogP contribution in [0, 0.1) is 5.92 Å². The number of thiazole rings is 1. The molecule has 1 aliphatic rings. The number of carboxylic acid groups (broad SMARTS) is 1. The number of ether oxygens (including phenoxy) is 1. The van der Waals surface area contributed by atoms with Gasteiger partial charge in [0.25, 0.3) is 0 Å². The Bertz CT molecular complexity index is 459. The minimum atomic E-state index is -0.859. The third-order valence-electron chi connectivity index (χ3n) is 3.56. The van der Waals surface area contributed by atoms with Crippen molar-refractivity contribution in [3.8, 4) is 0 Å². The molecule has 1 N–H and O–H groups in total. The monoisotopic (exact) mass is 298 g/mol. The fraction of sp³-hybridized carbons (Fsp3) is 0.714. The summed E-state index contributed by atoms with van der Waals surface area (Å²) in [5.41, 5.74) is 0.730. The Hall–Kier alpha value is -1.14. The summed E-state index contributed by atoms with van der Waals surface area (Å²) in [7, 11) is 1.73. The molecule has 1 fully saturated rings. The molecule has 0 aliphatic carbocycles. The Morgan fingerprint density at radius 1 is 1.60 bits per heavy atom. The van der Waals surface area contributed by atoms with E-state index in [0.717, 1.165) is 49.8 Å². The molecule has 1 aromatic heterocycles. The summed E-state index contributed by atoms with van der Waals surface area (Å²) in [6.45, 7) is 4.67. The number of hydrogen-bond acceptors (Lipinski definition) is 5. The van der Waals surface area contributed by atoms with E-state index in [9.17, 15) is 9.90 Å². The first-order chi connectivity index (χ1) is 9.65. The molecule has 1 saturated heterocycles. The van der Waals surface area contributed by atoms with Crippen molar-refractivity contribution in [1.82, 2.24) is 4.98 Å². The van der Waals surface area contributed by atoms with Gasteiger partial charge in [0, 0.05) is 20.2 Å². The van der Waals surface area contributed by atoms with Crippen LogP contribution in [0.5, 0.6) is 0 Å². The second-order valence-corrected chi connectivity index (χ2v) is 6.21. The van der Waals surface area contributed by atoms with Crippen LogP contribution in [0.25, 0.3) is 0 Å². The zero-order valence-electron chi connectivity index (χ0n) is 12.1. The molecule has 5 nitrogen and oxygen atoms in total. The van der Waals surface area contributed by atoms with Crippen LogP contribution in [0.3, 0.4) is 0 Å². The topological polar surface area (TPSA) is 62.7 Å². The van der Waals surface area contributed by atoms with E-state index in [1.165, 1.54) is 17.8 Å². The van der Waals surface area contributed by atoms with Gasteiger partial charge < -0.3 is 14.7 Å². The molecule has 112 valence electrons. The van der Waals surface area contributed by atoms with Crippen molar-refractivity contribution >= 4 is 22.4 Å². The SMILES string of the molecule is CCCc1nc(N2CCCC(COC)C2)sc1C(=O)O. The normalized spacial score (nSPS) is 19.3. The van der Waals surface area contributed by atoms with Crippen molar-refractivity contribution in [3.05, 3.63) is 10.6 Å². The molecule has 0 spiro atoms. The standard InChI is InChI=1S/C14H22N2O3S/c1-3-5-11-12(13(17)18)20-14(15-11)16-7-4-6-10(8-16)9-19-2/h10H,3-9H2,1-2H3,(H,17,18). The summed E-state index contributed by atoms with van der Waals surface area (Å²) in [5, 5.41) is 10.1. The lowest BCUT2D eigenvalue weighted by molar-refractivity contribution is 0.0700. The molecule has 1 aliphatic heterocycles. The number of anilines is 1. The summed E-state index contributed by atoms with van der Waals surface area (Å²) in [5.74, 6) is -0.344. The van der Waals surface area contributed by atoms with Gasteiger partial charge in [0.05, 0.1) is 12.3 Å². The van der Waals surface area contributed by atoms with E-state index in [0.29, 0.717) is 10.8 Å². The van der Waals surface area contributed by atoms with Crippen LogP contribution >= 0.6 is 11.3 Å². The van der Waals surface area contributed by atoms with Crippen LogP contribution in [-0.4, -0.2) is 42.9 Å². The number of aromatic carboxylic acids is 1. The molecule has 0 aromatic carbocycles. The van der Waals surface area contributed by atoms with E-state index in [1.807, 2.05) is 6.92 Å². The maximum absolute atomic E-state index is 11.3. The van der Waals surface area contributed by atoms with Gasteiger partial charge in [-0.05, 0) is 25.2 Å². The third kappa shape index (κ3) is 3.49. The number of hydrogen-bond donors (Lipinski definition) is 1. The lowest BCUT2D eigenvalue weighted by Gasteiger charge is -2.32. The Morgan fingerprint density at radius 2 is 2.40 bits per heavy atom. The highest BCUT2D eigenvalue weighted by Crippen LogP contribution is 2.30. The molecule has 1 atom stereocenters. The molecule has 0 saturated carbocycles. The smallest absolute Gasteiger partial charge is 0.347 e. The number of piperidine rings is 1. The highest BCUT2D eigenvalue weighted by atomic mass is 32.1. The molecule has 0 amide bonds. The predicted octanol–water partition coefficient (Wildman–Crippen LogP) is 2.66. The summed E-state index contributed by atoms with van der Waals surface area (Å²) in [6.07, 6.45) is 3.92. The molecule has 1 unspecified atom stereocenters. The first-order valence-corrected chi connectivity index (χ1v) is 7.94. The van der Waals surface area contributed by atoms with Crippen LogP contribution in [0.15, 0.2) is 0 Å². The minimum Gasteiger partial charge on any atom is -0.477 e. The van der Waals surface area contributed by atoms with Gasteiger partial charge in [-0.2, -0.15) is 0 Å². The van der Waals surface area contributed by atoms with E-state index >= 15 is 0 Å². The summed E-state index contributed by atoms with van der Waals surface area (Å²) >= 11 is 1.31. The molecule has 2 rings (SSSR count). The van der Waals surface area contributed by atoms with Gasteiger partial charge in [-0.1, -0.05) is 24.7 Å². The fourth-order valence-corrected chi connectivity index (χ4v) is 3.64. The second-order valence-electron chi connectivity index (χ2n) is 5.24. The Morgan fingerprint density at radius 3 is 3.05 bits per heavy atom. The van der Waals surface area contributed by atoms with E-state index in [2.05, 4.69) is 9.88 Å². The van der Waals surface area contributed by atoms with E-state index in [4.69, 9.17) is 4.74 Å². The zero-order valence-corrected chi connectivity index (χ0v) is 12.9. The first kappa shape index (κ1) is 15.3. The summed E-state index contributed by atoms with van der Waals surface area (Å²) in [6, 6.07) is 0. The van der Waals surface area contributed by atoms with Crippen molar-refractivity contribution in [1.29, 1.82) is 0 Å². The second kappa shape index (κ2) is 7.04. The molecular formula is C14H22N2O3S. The third-order valence-corrected chi connectivity index (χ3v) is 4.71. The van der Waals surface area contributed by atoms with Gasteiger partial charge in [-0.15, -0.1) is 0 Å². The van der Waals surface area contributed by atoms with Crippen LogP contribution in [0.4, 0.5) is 5.13 Å². The first-order valence-electron chi connectivity index (χ1n) is 7.12. The minimum absolute atomic E-state index is 0.399. The van der Waals surface area contributed by atoms with Crippen molar-refractivity contribution in [3.63, 3.8) is 0 Å². The summed E-state index contributed by atoms with van der Waals surface area (Å²) in [4.78, 5) is 18.5. The Kier molecular flexibility index (Phi) is 5.37. The maximum Gasteiger partial charge on any atom is 0.347 e. The predicted molar refractivity (Wildman–Crippen MR) is 79.9 cm³/mol. The zero-order chi connectivity index (χ0) is 14.5. The van der Waals surface area contributed by atoms with Crippen molar-refractivity contribution in [2.24, 2.45) is 5.92 Å². The molecule has 0 bridgehead atoms. The lowest BCUT2D eigenvalue weighted by atomic mass is 9.99. The Labute approximate surface area is 123 Å². The number of carboxylic acids is 1. The van der Waals surface area contributed by atoms with Crippen LogP contribution in [0.2, 0.25) is 0 Å². The average Bonchev–Trinajstić information content (AvgIpc) is 2.84. The van der Waals surface area contributed by atoms with Crippen molar-refractivity contribution < 1.29 is 14.6 Å². The highest BCUT2D eigenvalue weighted by Gasteiger charge is 2.25. The maximum atomic E-state index is 11.3. The van der Waals surface area contributed by atoms with Gasteiger partial charge in [0.15, 0.2) is 5.13 Å². The Balaban J connectivity index is 2.15. The van der Waals surface area contributed by atoms with Crippen LogP contribution in [0.1, 0.15) is 41.6 Å².